The molecule has 2 rings (SSSR count). The predicted molar refractivity (Wildman–Crippen MR) is 81.6 cm³/mol. The summed E-state index contributed by atoms with van der Waals surface area (Å²) in [5, 5.41) is 75.0. The Labute approximate surface area is 149 Å². The van der Waals surface area contributed by atoms with Crippen molar-refractivity contribution in [3.63, 3.8) is 0 Å². The zero-order valence-corrected chi connectivity index (χ0v) is 14.4. The van der Waals surface area contributed by atoms with Gasteiger partial charge in [0.05, 0.1) is 13.2 Å². The maximum absolute atomic E-state index is 10.2. The number of aliphatic hydroxyl groups excluding tert-OH is 8. The number of ether oxygens (including phenoxy) is 4. The molecule has 2 saturated heterocycles. The lowest BCUT2D eigenvalue weighted by molar-refractivity contribution is -0.357. The molecule has 2 aliphatic heterocycles. The average molecular weight is 388 g/mol. The molecule has 0 saturated carbocycles. The molecule has 0 radical (unpaired) electrons. The largest absolute Gasteiger partial charge is 0.400 e. The minimum Gasteiger partial charge on any atom is -0.400 e. The van der Waals surface area contributed by atoms with Crippen molar-refractivity contribution in [1.82, 2.24) is 0 Å². The number of rotatable bonds is 5. The summed E-state index contributed by atoms with van der Waals surface area (Å²) in [6, 6.07) is 0. The fourth-order valence-electron chi connectivity index (χ4n) is 2.75. The Bertz CT molecular complexity index is 394. The zero-order valence-electron chi connectivity index (χ0n) is 14.4. The molecule has 156 valence electrons. The van der Waals surface area contributed by atoms with Gasteiger partial charge in [0.25, 0.3) is 0 Å². The van der Waals surface area contributed by atoms with Crippen molar-refractivity contribution in [2.75, 3.05) is 27.4 Å². The fraction of sp³-hybridized carbons (Fsp3) is 1.00. The summed E-state index contributed by atoms with van der Waals surface area (Å²) in [4.78, 5) is 0. The molecule has 0 aliphatic carbocycles. The Morgan fingerprint density at radius 3 is 1.69 bits per heavy atom. The van der Waals surface area contributed by atoms with E-state index in [9.17, 15) is 30.6 Å². The van der Waals surface area contributed by atoms with Gasteiger partial charge in [-0.2, -0.15) is 0 Å². The Morgan fingerprint density at radius 2 is 1.19 bits per heavy atom. The molecule has 0 aromatic heterocycles. The Hall–Kier alpha value is -0.480. The first-order valence-electron chi connectivity index (χ1n) is 7.91. The maximum atomic E-state index is 10.2. The highest BCUT2D eigenvalue weighted by atomic mass is 16.7. The van der Waals surface area contributed by atoms with Crippen molar-refractivity contribution in [3.05, 3.63) is 0 Å². The van der Waals surface area contributed by atoms with Gasteiger partial charge in [0.15, 0.2) is 12.6 Å². The quantitative estimate of drug-likeness (QED) is 0.223. The van der Waals surface area contributed by atoms with Crippen molar-refractivity contribution < 1.29 is 59.8 Å². The topological polar surface area (TPSA) is 199 Å². The van der Waals surface area contributed by atoms with Crippen LogP contribution in [0.1, 0.15) is 0 Å². The summed E-state index contributed by atoms with van der Waals surface area (Å²) >= 11 is 0. The van der Waals surface area contributed by atoms with E-state index in [-0.39, 0.29) is 0 Å². The lowest BCUT2D eigenvalue weighted by atomic mass is 9.97. The molecule has 0 aromatic rings. The van der Waals surface area contributed by atoms with E-state index in [1.54, 1.807) is 0 Å². The molecule has 0 amide bonds. The first-order chi connectivity index (χ1) is 12.3. The molecule has 12 nitrogen and oxygen atoms in total. The van der Waals surface area contributed by atoms with E-state index in [0.29, 0.717) is 0 Å². The summed E-state index contributed by atoms with van der Waals surface area (Å²) in [5.41, 5.74) is 0. The molecule has 0 unspecified atom stereocenters. The maximum Gasteiger partial charge on any atom is 0.187 e. The average Bonchev–Trinajstić information content (AvgIpc) is 2.67. The van der Waals surface area contributed by atoms with Crippen LogP contribution in [0.3, 0.4) is 0 Å². The second-order valence-electron chi connectivity index (χ2n) is 5.74. The number of methoxy groups -OCH3 is 1. The Morgan fingerprint density at radius 1 is 0.692 bits per heavy atom. The van der Waals surface area contributed by atoms with E-state index >= 15 is 0 Å². The Balaban J connectivity index is 0.00000163. The summed E-state index contributed by atoms with van der Waals surface area (Å²) in [6.45, 7) is -1.24. The number of hydrogen-bond donors (Lipinski definition) is 8. The van der Waals surface area contributed by atoms with Gasteiger partial charge in [0.1, 0.15) is 48.8 Å². The highest BCUT2D eigenvalue weighted by Crippen LogP contribution is 2.29. The number of hydrogen-bond acceptors (Lipinski definition) is 12. The fourth-order valence-corrected chi connectivity index (χ4v) is 2.75. The highest BCUT2D eigenvalue weighted by Gasteiger charge is 2.50. The molecule has 2 aliphatic rings. The van der Waals surface area contributed by atoms with Crippen LogP contribution in [0, 0.1) is 0 Å². The molecule has 8 N–H and O–H groups in total. The SMILES string of the molecule is CO.CO[C@@H]1O[C@H](CO)[C@@H](O[C@@H]2O[C@H](CO)[C@H](O)[C@H](O)[C@H]2O)[C@H](O)[C@H]1O. The van der Waals surface area contributed by atoms with Crippen molar-refractivity contribution in [2.24, 2.45) is 0 Å². The lowest BCUT2D eigenvalue weighted by Gasteiger charge is -2.45. The van der Waals surface area contributed by atoms with Crippen LogP contribution in [0.5, 0.6) is 0 Å². The van der Waals surface area contributed by atoms with Crippen LogP contribution in [-0.4, -0.2) is 130 Å². The summed E-state index contributed by atoms with van der Waals surface area (Å²) in [6.07, 6.45) is -14.3. The molecule has 2 fully saturated rings. The van der Waals surface area contributed by atoms with E-state index in [1.165, 1.54) is 7.11 Å². The molecular weight excluding hydrogens is 360 g/mol. The third-order valence-corrected chi connectivity index (χ3v) is 4.19. The molecule has 0 spiro atoms. The van der Waals surface area contributed by atoms with E-state index < -0.39 is 74.6 Å². The van der Waals surface area contributed by atoms with Crippen molar-refractivity contribution >= 4 is 0 Å². The summed E-state index contributed by atoms with van der Waals surface area (Å²) in [5.74, 6) is 0. The minimum atomic E-state index is -1.69. The van der Waals surface area contributed by atoms with Crippen molar-refractivity contribution in [2.45, 2.75) is 61.4 Å². The van der Waals surface area contributed by atoms with Crippen LogP contribution in [-0.2, 0) is 18.9 Å². The van der Waals surface area contributed by atoms with Gasteiger partial charge in [-0.3, -0.25) is 0 Å². The van der Waals surface area contributed by atoms with E-state index in [2.05, 4.69) is 0 Å². The lowest BCUT2D eigenvalue weighted by Crippen LogP contribution is -2.64. The second-order valence-corrected chi connectivity index (χ2v) is 5.74. The standard InChI is InChI=1S/C13H24O11.CH4O/c1-21-12-10(20)8(18)11(5(3-15)23-12)24-13-9(19)7(17)6(16)4(2-14)22-13;1-2/h4-20H,2-3H2,1H3;2H,1H3/t4-,5-,6+,7+,8-,9-,10-,11-,12-,13+;/m1./s1. The van der Waals surface area contributed by atoms with Crippen molar-refractivity contribution in [3.8, 4) is 0 Å². The minimum absolute atomic E-state index is 0.592. The van der Waals surface area contributed by atoms with Gasteiger partial charge in [-0.15, -0.1) is 0 Å². The van der Waals surface area contributed by atoms with Crippen LogP contribution < -0.4 is 0 Å². The molecule has 2 heterocycles. The zero-order chi connectivity index (χ0) is 20.0. The number of aliphatic hydroxyl groups is 8. The third-order valence-electron chi connectivity index (χ3n) is 4.19. The van der Waals surface area contributed by atoms with E-state index in [4.69, 9.17) is 29.2 Å². The van der Waals surface area contributed by atoms with Gasteiger partial charge in [0.2, 0.25) is 0 Å². The monoisotopic (exact) mass is 388 g/mol. The predicted octanol–water partition coefficient (Wildman–Crippen LogP) is -5.13. The molecular formula is C14H28O12. The van der Waals surface area contributed by atoms with Crippen LogP contribution in [0.25, 0.3) is 0 Å². The third kappa shape index (κ3) is 4.86. The van der Waals surface area contributed by atoms with Gasteiger partial charge >= 0.3 is 0 Å². The summed E-state index contributed by atoms with van der Waals surface area (Å²) < 4.78 is 20.6. The summed E-state index contributed by atoms with van der Waals surface area (Å²) in [7, 11) is 2.24. The van der Waals surface area contributed by atoms with E-state index in [1.807, 2.05) is 0 Å². The smallest absolute Gasteiger partial charge is 0.187 e. The first kappa shape index (κ1) is 23.6. The van der Waals surface area contributed by atoms with Gasteiger partial charge in [-0.1, -0.05) is 0 Å². The second kappa shape index (κ2) is 10.8. The van der Waals surface area contributed by atoms with Crippen LogP contribution in [0.2, 0.25) is 0 Å². The van der Waals surface area contributed by atoms with Crippen LogP contribution >= 0.6 is 0 Å². The van der Waals surface area contributed by atoms with Crippen molar-refractivity contribution in [1.29, 1.82) is 0 Å². The van der Waals surface area contributed by atoms with Gasteiger partial charge in [-0.25, -0.2) is 0 Å². The molecule has 12 heteroatoms. The Kier molecular flexibility index (Phi) is 9.74. The van der Waals surface area contributed by atoms with Crippen LogP contribution in [0.15, 0.2) is 0 Å². The van der Waals surface area contributed by atoms with Gasteiger partial charge < -0.3 is 59.8 Å². The molecule has 0 bridgehead atoms. The van der Waals surface area contributed by atoms with E-state index in [0.717, 1.165) is 7.11 Å². The molecule has 10 atom stereocenters. The molecule has 0 aromatic carbocycles. The highest BCUT2D eigenvalue weighted by molar-refractivity contribution is 4.93. The first-order valence-corrected chi connectivity index (χ1v) is 7.91. The molecule has 26 heavy (non-hydrogen) atoms. The van der Waals surface area contributed by atoms with Gasteiger partial charge in [0, 0.05) is 14.2 Å². The van der Waals surface area contributed by atoms with Gasteiger partial charge in [-0.05, 0) is 0 Å². The van der Waals surface area contributed by atoms with Crippen LogP contribution in [0.4, 0.5) is 0 Å². The normalized spacial score (nSPS) is 46.4.